The number of carbonyl (C=O) groups excluding carboxylic acids is 1. The predicted molar refractivity (Wildman–Crippen MR) is 91.7 cm³/mol. The number of phenolic OH excluding ortho intramolecular Hbond substituents is 1. The molecule has 3 N–H and O–H groups in total. The molecule has 1 aliphatic rings. The van der Waals surface area contributed by atoms with Crippen LogP contribution in [0.25, 0.3) is 11.1 Å². The van der Waals surface area contributed by atoms with E-state index in [4.69, 9.17) is 5.73 Å². The molecule has 1 aromatic carbocycles. The first-order chi connectivity index (χ1) is 11.0. The van der Waals surface area contributed by atoms with Crippen molar-refractivity contribution in [3.8, 4) is 16.9 Å². The zero-order valence-corrected chi connectivity index (χ0v) is 13.8. The minimum absolute atomic E-state index is 0.205. The number of nitrogens with two attached hydrogens (primary N) is 1. The van der Waals surface area contributed by atoms with Gasteiger partial charge in [0.1, 0.15) is 5.75 Å². The number of amides is 1. The summed E-state index contributed by atoms with van der Waals surface area (Å²) in [6.45, 7) is 4.15. The van der Waals surface area contributed by atoms with E-state index < -0.39 is 5.91 Å². The molecule has 1 saturated carbocycles. The average molecular weight is 312 g/mol. The molecule has 23 heavy (non-hydrogen) atoms. The fraction of sp³-hybridized carbons (Fsp3) is 0.421. The van der Waals surface area contributed by atoms with Crippen LogP contribution in [0.3, 0.4) is 0 Å². The zero-order chi connectivity index (χ0) is 16.6. The van der Waals surface area contributed by atoms with Crippen molar-refractivity contribution in [2.75, 3.05) is 0 Å². The maximum absolute atomic E-state index is 12.1. The summed E-state index contributed by atoms with van der Waals surface area (Å²) >= 11 is 0. The normalized spacial score (nSPS) is 14.2. The molecular formula is C19H24N2O2. The van der Waals surface area contributed by atoms with Crippen molar-refractivity contribution >= 4 is 5.91 Å². The number of phenols is 1. The summed E-state index contributed by atoms with van der Waals surface area (Å²) in [7, 11) is 0. The van der Waals surface area contributed by atoms with E-state index in [0.717, 1.165) is 48.9 Å². The van der Waals surface area contributed by atoms with Gasteiger partial charge in [-0.3, -0.25) is 4.79 Å². The molecule has 0 spiro atoms. The van der Waals surface area contributed by atoms with Crippen LogP contribution in [-0.4, -0.2) is 15.6 Å². The van der Waals surface area contributed by atoms with Crippen LogP contribution in [0.5, 0.6) is 5.75 Å². The van der Waals surface area contributed by atoms with E-state index in [9.17, 15) is 9.90 Å². The fourth-order valence-corrected chi connectivity index (χ4v) is 3.46. The smallest absolute Gasteiger partial charge is 0.251 e. The van der Waals surface area contributed by atoms with Crippen LogP contribution < -0.4 is 5.73 Å². The average Bonchev–Trinajstić information content (AvgIpc) is 3.29. The highest BCUT2D eigenvalue weighted by Gasteiger charge is 2.32. The maximum atomic E-state index is 12.1. The van der Waals surface area contributed by atoms with E-state index in [1.807, 2.05) is 19.1 Å². The Bertz CT molecular complexity index is 742. The van der Waals surface area contributed by atoms with Gasteiger partial charge < -0.3 is 15.4 Å². The number of nitrogens with zero attached hydrogens (tertiary/aromatic N) is 1. The van der Waals surface area contributed by atoms with Gasteiger partial charge in [-0.2, -0.15) is 0 Å². The van der Waals surface area contributed by atoms with Crippen LogP contribution in [-0.2, 0) is 6.42 Å². The van der Waals surface area contributed by atoms with Crippen molar-refractivity contribution in [3.05, 3.63) is 41.2 Å². The number of rotatable bonds is 6. The highest BCUT2D eigenvalue weighted by Crippen LogP contribution is 2.43. The standard InChI is InChI=1S/C19H24N2O2/c1-3-4-8-16-18(13-6-5-7-15(22)11-13)17(19(20)23)12(2)21(16)14-9-10-14/h5-7,11,14,22H,3-4,8-10H2,1-2H3,(H2,20,23). The van der Waals surface area contributed by atoms with E-state index in [0.29, 0.717) is 11.6 Å². The molecule has 0 atom stereocenters. The van der Waals surface area contributed by atoms with Gasteiger partial charge in [0.2, 0.25) is 0 Å². The first-order valence-electron chi connectivity index (χ1n) is 8.37. The second-order valence-corrected chi connectivity index (χ2v) is 6.40. The molecule has 0 bridgehead atoms. The van der Waals surface area contributed by atoms with Crippen LogP contribution >= 0.6 is 0 Å². The molecule has 1 aliphatic carbocycles. The Balaban J connectivity index is 2.25. The lowest BCUT2D eigenvalue weighted by Gasteiger charge is -2.12. The van der Waals surface area contributed by atoms with E-state index in [1.165, 1.54) is 5.69 Å². The van der Waals surface area contributed by atoms with Crippen molar-refractivity contribution in [2.24, 2.45) is 5.73 Å². The molecule has 3 rings (SSSR count). The Morgan fingerprint density at radius 1 is 1.39 bits per heavy atom. The van der Waals surface area contributed by atoms with Gasteiger partial charge in [0.15, 0.2) is 0 Å². The number of unbranched alkanes of at least 4 members (excludes halogenated alkanes) is 1. The Labute approximate surface area is 136 Å². The van der Waals surface area contributed by atoms with Crippen molar-refractivity contribution in [2.45, 2.75) is 52.0 Å². The van der Waals surface area contributed by atoms with Crippen LogP contribution in [0.4, 0.5) is 0 Å². The molecule has 0 unspecified atom stereocenters. The molecule has 1 amide bonds. The summed E-state index contributed by atoms with van der Waals surface area (Å²) in [6, 6.07) is 7.60. The summed E-state index contributed by atoms with van der Waals surface area (Å²) in [5.41, 5.74) is 10.2. The SMILES string of the molecule is CCCCc1c(-c2cccc(O)c2)c(C(N)=O)c(C)n1C1CC1. The van der Waals surface area contributed by atoms with Gasteiger partial charge in [-0.15, -0.1) is 0 Å². The third-order valence-corrected chi connectivity index (χ3v) is 4.61. The molecule has 1 fully saturated rings. The van der Waals surface area contributed by atoms with Crippen molar-refractivity contribution < 1.29 is 9.90 Å². The van der Waals surface area contributed by atoms with Gasteiger partial charge in [0.25, 0.3) is 5.91 Å². The molecule has 4 nitrogen and oxygen atoms in total. The highest BCUT2D eigenvalue weighted by atomic mass is 16.3. The monoisotopic (exact) mass is 312 g/mol. The van der Waals surface area contributed by atoms with Crippen molar-refractivity contribution in [1.29, 1.82) is 0 Å². The summed E-state index contributed by atoms with van der Waals surface area (Å²) < 4.78 is 2.31. The van der Waals surface area contributed by atoms with Crippen molar-refractivity contribution in [3.63, 3.8) is 0 Å². The van der Waals surface area contributed by atoms with Crippen LogP contribution in [0.15, 0.2) is 24.3 Å². The molecule has 122 valence electrons. The summed E-state index contributed by atoms with van der Waals surface area (Å²) in [5, 5.41) is 9.85. The molecule has 1 aromatic heterocycles. The van der Waals surface area contributed by atoms with Gasteiger partial charge in [-0.25, -0.2) is 0 Å². The summed E-state index contributed by atoms with van der Waals surface area (Å²) in [4.78, 5) is 12.1. The number of primary amides is 1. The van der Waals surface area contributed by atoms with Gasteiger partial charge in [0.05, 0.1) is 5.56 Å². The minimum Gasteiger partial charge on any atom is -0.508 e. The number of aromatic hydroxyl groups is 1. The highest BCUT2D eigenvalue weighted by molar-refractivity contribution is 6.02. The van der Waals surface area contributed by atoms with Crippen LogP contribution in [0.1, 0.15) is 60.4 Å². The summed E-state index contributed by atoms with van der Waals surface area (Å²) in [6.07, 6.45) is 5.41. The van der Waals surface area contributed by atoms with Crippen LogP contribution in [0.2, 0.25) is 0 Å². The van der Waals surface area contributed by atoms with Gasteiger partial charge >= 0.3 is 0 Å². The Hall–Kier alpha value is -2.23. The number of benzene rings is 1. The van der Waals surface area contributed by atoms with Gasteiger partial charge in [0, 0.05) is 23.0 Å². The molecule has 0 saturated heterocycles. The Morgan fingerprint density at radius 3 is 2.70 bits per heavy atom. The second-order valence-electron chi connectivity index (χ2n) is 6.40. The van der Waals surface area contributed by atoms with E-state index in [1.54, 1.807) is 12.1 Å². The molecule has 2 aromatic rings. The maximum Gasteiger partial charge on any atom is 0.251 e. The lowest BCUT2D eigenvalue weighted by atomic mass is 9.97. The van der Waals surface area contributed by atoms with E-state index in [-0.39, 0.29) is 5.75 Å². The topological polar surface area (TPSA) is 68.2 Å². The Morgan fingerprint density at radius 2 is 2.13 bits per heavy atom. The number of carbonyl (C=O) groups is 1. The van der Waals surface area contributed by atoms with Crippen LogP contribution in [0, 0.1) is 6.92 Å². The predicted octanol–water partition coefficient (Wildman–Crippen LogP) is 3.95. The first kappa shape index (κ1) is 15.7. The fourth-order valence-electron chi connectivity index (χ4n) is 3.46. The van der Waals surface area contributed by atoms with Crippen molar-refractivity contribution in [1.82, 2.24) is 4.57 Å². The molecule has 4 heteroatoms. The third-order valence-electron chi connectivity index (χ3n) is 4.61. The lowest BCUT2D eigenvalue weighted by molar-refractivity contribution is 0.1000. The molecule has 1 heterocycles. The van der Waals surface area contributed by atoms with Gasteiger partial charge in [-0.1, -0.05) is 25.5 Å². The number of hydrogen-bond acceptors (Lipinski definition) is 2. The zero-order valence-electron chi connectivity index (χ0n) is 13.8. The second kappa shape index (κ2) is 6.11. The largest absolute Gasteiger partial charge is 0.508 e. The minimum atomic E-state index is -0.391. The Kier molecular flexibility index (Phi) is 4.16. The molecule has 0 aliphatic heterocycles. The number of hydrogen-bond donors (Lipinski definition) is 2. The summed E-state index contributed by atoms with van der Waals surface area (Å²) in [5.74, 6) is -0.186. The third kappa shape index (κ3) is 2.85. The molecular weight excluding hydrogens is 288 g/mol. The van der Waals surface area contributed by atoms with E-state index in [2.05, 4.69) is 11.5 Å². The number of aromatic nitrogens is 1. The van der Waals surface area contributed by atoms with Gasteiger partial charge in [-0.05, 0) is 50.3 Å². The quantitative estimate of drug-likeness (QED) is 0.848. The lowest BCUT2D eigenvalue weighted by Crippen LogP contribution is -2.13. The first-order valence-corrected chi connectivity index (χ1v) is 8.37. The molecule has 0 radical (unpaired) electrons. The van der Waals surface area contributed by atoms with E-state index >= 15 is 0 Å².